The monoisotopic (exact) mass is 438 g/mol. The molecule has 0 aromatic carbocycles. The first-order valence-corrected chi connectivity index (χ1v) is 12.3. The van der Waals surface area contributed by atoms with Gasteiger partial charge in [-0.1, -0.05) is 32.1 Å². The summed E-state index contributed by atoms with van der Waals surface area (Å²) in [5.74, 6) is 2.42. The Bertz CT molecular complexity index is 669. The highest BCUT2D eigenvalue weighted by molar-refractivity contribution is 7.90. The van der Waals surface area contributed by atoms with Gasteiger partial charge in [-0.15, -0.1) is 0 Å². The number of rotatable bonds is 6. The van der Waals surface area contributed by atoms with Crippen LogP contribution >= 0.6 is 0 Å². The lowest BCUT2D eigenvalue weighted by molar-refractivity contribution is -0.0496. The highest BCUT2D eigenvalue weighted by Gasteiger charge is 2.50. The van der Waals surface area contributed by atoms with E-state index >= 15 is 0 Å². The lowest BCUT2D eigenvalue weighted by atomic mass is 9.85. The Morgan fingerprint density at radius 1 is 1.10 bits per heavy atom. The molecule has 2 N–H and O–H groups in total. The van der Waals surface area contributed by atoms with Gasteiger partial charge in [0.1, 0.15) is 0 Å². The standard InChI is InChI=1S/C19H33F3N4O2S/c1-2-23-18(25-17-12-16(17)15-6-4-3-5-7-15)24-13-14-8-10-26(11-9-14)29(27,28)19(20,21)22/h14-17H,2-13H2,1H3,(H2,23,24,25). The largest absolute Gasteiger partial charge is 0.511 e. The van der Waals surface area contributed by atoms with Crippen LogP contribution in [-0.4, -0.2) is 56.4 Å². The number of nitrogens with zero attached hydrogens (tertiary/aromatic N) is 2. The number of piperidine rings is 1. The summed E-state index contributed by atoms with van der Waals surface area (Å²) in [4.78, 5) is 4.64. The first kappa shape index (κ1) is 22.7. The number of alkyl halides is 3. The van der Waals surface area contributed by atoms with Crippen molar-refractivity contribution in [2.45, 2.75) is 69.8 Å². The number of hydrogen-bond acceptors (Lipinski definition) is 3. The molecule has 0 aromatic rings. The van der Waals surface area contributed by atoms with Crippen molar-refractivity contribution in [3.8, 4) is 0 Å². The zero-order valence-corrected chi connectivity index (χ0v) is 17.9. The molecule has 2 saturated carbocycles. The molecular formula is C19H33F3N4O2S. The van der Waals surface area contributed by atoms with Crippen molar-refractivity contribution in [2.24, 2.45) is 22.7 Å². The Labute approximate surface area is 171 Å². The fourth-order valence-electron chi connectivity index (χ4n) is 4.66. The van der Waals surface area contributed by atoms with Gasteiger partial charge in [-0.25, -0.2) is 8.42 Å². The SMILES string of the molecule is CCNC(=NCC1CCN(S(=O)(=O)C(F)(F)F)CC1)NC1CC1C1CCCCC1. The second-order valence-corrected chi connectivity index (χ2v) is 10.5. The molecule has 10 heteroatoms. The lowest BCUT2D eigenvalue weighted by Crippen LogP contribution is -2.45. The van der Waals surface area contributed by atoms with Crippen LogP contribution in [-0.2, 0) is 10.0 Å². The smallest absolute Gasteiger partial charge is 0.357 e. The number of aliphatic imine (C=N–C) groups is 1. The molecule has 1 saturated heterocycles. The molecule has 0 aromatic heterocycles. The first-order chi connectivity index (χ1) is 13.7. The van der Waals surface area contributed by atoms with Crippen molar-refractivity contribution in [1.82, 2.24) is 14.9 Å². The molecule has 0 spiro atoms. The predicted octanol–water partition coefficient (Wildman–Crippen LogP) is 3.07. The number of sulfonamides is 1. The van der Waals surface area contributed by atoms with Gasteiger partial charge in [0.15, 0.2) is 5.96 Å². The first-order valence-electron chi connectivity index (χ1n) is 10.8. The minimum Gasteiger partial charge on any atom is -0.357 e. The minimum atomic E-state index is -5.22. The average Bonchev–Trinajstić information content (AvgIpc) is 3.45. The maximum Gasteiger partial charge on any atom is 0.511 e. The van der Waals surface area contributed by atoms with Crippen LogP contribution in [0.4, 0.5) is 13.2 Å². The van der Waals surface area contributed by atoms with Crippen molar-refractivity contribution >= 4 is 16.0 Å². The van der Waals surface area contributed by atoms with Gasteiger partial charge in [-0.3, -0.25) is 4.99 Å². The summed E-state index contributed by atoms with van der Waals surface area (Å²) in [7, 11) is -5.21. The van der Waals surface area contributed by atoms with Crippen molar-refractivity contribution in [2.75, 3.05) is 26.2 Å². The molecule has 1 heterocycles. The van der Waals surface area contributed by atoms with Gasteiger partial charge in [-0.2, -0.15) is 17.5 Å². The molecule has 2 unspecified atom stereocenters. The zero-order valence-electron chi connectivity index (χ0n) is 17.0. The molecule has 3 fully saturated rings. The normalized spacial score (nSPS) is 28.3. The van der Waals surface area contributed by atoms with Gasteiger partial charge in [0.25, 0.3) is 0 Å². The lowest BCUT2D eigenvalue weighted by Gasteiger charge is -2.31. The number of guanidine groups is 1. The molecular weight excluding hydrogens is 405 g/mol. The van der Waals surface area contributed by atoms with E-state index in [2.05, 4.69) is 15.6 Å². The summed E-state index contributed by atoms with van der Waals surface area (Å²) in [5, 5.41) is 6.77. The molecule has 1 aliphatic heterocycles. The van der Waals surface area contributed by atoms with Gasteiger partial charge in [0.05, 0.1) is 0 Å². The van der Waals surface area contributed by atoms with Gasteiger partial charge in [0, 0.05) is 32.2 Å². The van der Waals surface area contributed by atoms with E-state index in [1.165, 1.54) is 38.5 Å². The molecule has 2 aliphatic carbocycles. The zero-order chi connectivity index (χ0) is 21.1. The van der Waals surface area contributed by atoms with E-state index in [4.69, 9.17) is 0 Å². The Hall–Kier alpha value is -1.03. The third kappa shape index (κ3) is 5.77. The molecule has 3 aliphatic rings. The Morgan fingerprint density at radius 2 is 1.76 bits per heavy atom. The fraction of sp³-hybridized carbons (Fsp3) is 0.947. The molecule has 6 nitrogen and oxygen atoms in total. The van der Waals surface area contributed by atoms with Crippen LogP contribution < -0.4 is 10.6 Å². The van der Waals surface area contributed by atoms with Crippen LogP contribution in [0.25, 0.3) is 0 Å². The van der Waals surface area contributed by atoms with Crippen LogP contribution in [0.1, 0.15) is 58.3 Å². The third-order valence-electron chi connectivity index (χ3n) is 6.47. The third-order valence-corrected chi connectivity index (χ3v) is 8.10. The summed E-state index contributed by atoms with van der Waals surface area (Å²) >= 11 is 0. The summed E-state index contributed by atoms with van der Waals surface area (Å²) in [5.41, 5.74) is -5.22. The van der Waals surface area contributed by atoms with E-state index in [1.807, 2.05) is 6.92 Å². The van der Waals surface area contributed by atoms with Crippen molar-refractivity contribution in [3.63, 3.8) is 0 Å². The number of hydrogen-bond donors (Lipinski definition) is 2. The topological polar surface area (TPSA) is 73.8 Å². The van der Waals surface area contributed by atoms with Gasteiger partial charge in [0.2, 0.25) is 0 Å². The Kier molecular flexibility index (Phi) is 7.35. The van der Waals surface area contributed by atoms with Gasteiger partial charge < -0.3 is 10.6 Å². The summed E-state index contributed by atoms with van der Waals surface area (Å²) in [6, 6.07) is 0.467. The van der Waals surface area contributed by atoms with Crippen molar-refractivity contribution < 1.29 is 21.6 Å². The highest BCUT2D eigenvalue weighted by atomic mass is 32.2. The van der Waals surface area contributed by atoms with Crippen molar-refractivity contribution in [1.29, 1.82) is 0 Å². The molecule has 29 heavy (non-hydrogen) atoms. The minimum absolute atomic E-state index is 0.0958. The highest BCUT2D eigenvalue weighted by Crippen LogP contribution is 2.44. The average molecular weight is 439 g/mol. The van der Waals surface area contributed by atoms with Crippen molar-refractivity contribution in [3.05, 3.63) is 0 Å². The molecule has 168 valence electrons. The molecule has 2 atom stereocenters. The maximum atomic E-state index is 12.7. The summed E-state index contributed by atoms with van der Waals surface area (Å²) in [6.45, 7) is 3.05. The van der Waals surface area contributed by atoms with E-state index < -0.39 is 15.5 Å². The Balaban J connectivity index is 1.46. The van der Waals surface area contributed by atoms with E-state index in [0.29, 0.717) is 29.7 Å². The molecule has 0 bridgehead atoms. The van der Waals surface area contributed by atoms with Crippen LogP contribution in [0.5, 0.6) is 0 Å². The second-order valence-electron chi connectivity index (χ2n) is 8.56. The number of halogens is 3. The van der Waals surface area contributed by atoms with E-state index in [1.54, 1.807) is 0 Å². The van der Waals surface area contributed by atoms with E-state index in [-0.39, 0.29) is 19.0 Å². The van der Waals surface area contributed by atoms with E-state index in [9.17, 15) is 21.6 Å². The second kappa shape index (κ2) is 9.41. The Morgan fingerprint density at radius 3 is 2.34 bits per heavy atom. The predicted molar refractivity (Wildman–Crippen MR) is 107 cm³/mol. The van der Waals surface area contributed by atoms with Crippen LogP contribution in [0.2, 0.25) is 0 Å². The summed E-state index contributed by atoms with van der Waals surface area (Å²) < 4.78 is 61.6. The molecule has 3 rings (SSSR count). The van der Waals surface area contributed by atoms with Gasteiger partial charge >= 0.3 is 15.5 Å². The van der Waals surface area contributed by atoms with Crippen LogP contribution in [0, 0.1) is 17.8 Å². The van der Waals surface area contributed by atoms with Crippen LogP contribution in [0.15, 0.2) is 4.99 Å². The number of nitrogens with one attached hydrogen (secondary N) is 2. The fourth-order valence-corrected chi connectivity index (χ4v) is 5.64. The summed E-state index contributed by atoms with van der Waals surface area (Å²) in [6.07, 6.45) is 8.66. The molecule has 0 amide bonds. The molecule has 0 radical (unpaired) electrons. The van der Waals surface area contributed by atoms with Crippen LogP contribution in [0.3, 0.4) is 0 Å². The maximum absolute atomic E-state index is 12.7. The van der Waals surface area contributed by atoms with E-state index in [0.717, 1.165) is 24.3 Å². The quantitative estimate of drug-likeness (QED) is 0.494. The van der Waals surface area contributed by atoms with Gasteiger partial charge in [-0.05, 0) is 43.9 Å².